The second-order valence-electron chi connectivity index (χ2n) is 4.63. The van der Waals surface area contributed by atoms with Crippen molar-refractivity contribution >= 4 is 10.0 Å². The quantitative estimate of drug-likeness (QED) is 0.588. The third-order valence-corrected chi connectivity index (χ3v) is 5.15. The summed E-state index contributed by atoms with van der Waals surface area (Å²) in [5, 5.41) is 8.68. The molecule has 0 atom stereocenters. The average molecular weight is 319 g/mol. The fraction of sp³-hybridized carbons (Fsp3) is 0.636. The Labute approximate surface area is 120 Å². The Bertz CT molecular complexity index is 686. The number of hydrogen-bond acceptors (Lipinski definition) is 6. The molecular weight excluding hydrogens is 302 g/mol. The van der Waals surface area contributed by atoms with Gasteiger partial charge in [-0.1, -0.05) is 0 Å². The molecule has 1 aromatic heterocycles. The number of aromatic amines is 2. The van der Waals surface area contributed by atoms with E-state index in [0.29, 0.717) is 12.8 Å². The molecule has 118 valence electrons. The minimum atomic E-state index is -3.94. The van der Waals surface area contributed by atoms with E-state index in [1.165, 1.54) is 4.31 Å². The first-order valence-electron chi connectivity index (χ1n) is 6.50. The lowest BCUT2D eigenvalue weighted by Crippen LogP contribution is -2.43. The summed E-state index contributed by atoms with van der Waals surface area (Å²) in [6, 6.07) is 0. The van der Waals surface area contributed by atoms with Crippen molar-refractivity contribution in [3.05, 3.63) is 27.0 Å². The molecule has 0 radical (unpaired) electrons. The monoisotopic (exact) mass is 319 g/mol. The fourth-order valence-electron chi connectivity index (χ4n) is 2.19. The Morgan fingerprint density at radius 3 is 2.57 bits per heavy atom. The second-order valence-corrected chi connectivity index (χ2v) is 6.54. The van der Waals surface area contributed by atoms with Crippen LogP contribution >= 0.6 is 0 Å². The van der Waals surface area contributed by atoms with Crippen molar-refractivity contribution in [2.75, 3.05) is 26.3 Å². The molecule has 1 fully saturated rings. The van der Waals surface area contributed by atoms with Gasteiger partial charge in [-0.2, -0.15) is 4.31 Å². The largest absolute Gasteiger partial charge is 0.394 e. The van der Waals surface area contributed by atoms with E-state index < -0.39 is 26.2 Å². The average Bonchev–Trinajstić information content (AvgIpc) is 2.45. The summed E-state index contributed by atoms with van der Waals surface area (Å²) in [4.78, 5) is 26.1. The maximum Gasteiger partial charge on any atom is 0.325 e. The molecular formula is C11H17N3O6S. The lowest BCUT2D eigenvalue weighted by atomic mass is 10.1. The topological polar surface area (TPSA) is 133 Å². The van der Waals surface area contributed by atoms with Crippen molar-refractivity contribution in [1.82, 2.24) is 14.3 Å². The molecule has 10 heteroatoms. The summed E-state index contributed by atoms with van der Waals surface area (Å²) in [5.74, 6) is 0. The molecule has 0 aliphatic carbocycles. The Balaban J connectivity index is 2.11. The van der Waals surface area contributed by atoms with Crippen molar-refractivity contribution in [2.24, 2.45) is 0 Å². The van der Waals surface area contributed by atoms with Crippen molar-refractivity contribution in [1.29, 1.82) is 0 Å². The number of aromatic nitrogens is 2. The number of sulfonamides is 1. The van der Waals surface area contributed by atoms with Gasteiger partial charge in [0.1, 0.15) is 0 Å². The van der Waals surface area contributed by atoms with Crippen LogP contribution < -0.4 is 11.2 Å². The summed E-state index contributed by atoms with van der Waals surface area (Å²) in [6.07, 6.45) is 1.78. The number of ether oxygens (including phenoxy) is 1. The van der Waals surface area contributed by atoms with E-state index in [4.69, 9.17) is 9.84 Å². The van der Waals surface area contributed by atoms with Crippen molar-refractivity contribution in [3.8, 4) is 0 Å². The van der Waals surface area contributed by atoms with Crippen LogP contribution in [-0.2, 0) is 14.8 Å². The van der Waals surface area contributed by atoms with E-state index in [1.54, 1.807) is 0 Å². The van der Waals surface area contributed by atoms with Gasteiger partial charge in [0.2, 0.25) is 10.0 Å². The molecule has 1 saturated heterocycles. The van der Waals surface area contributed by atoms with E-state index in [2.05, 4.69) is 4.98 Å². The summed E-state index contributed by atoms with van der Waals surface area (Å²) >= 11 is 0. The van der Waals surface area contributed by atoms with Crippen molar-refractivity contribution in [3.63, 3.8) is 0 Å². The predicted octanol–water partition coefficient (Wildman–Crippen LogP) is -1.77. The molecule has 0 amide bonds. The van der Waals surface area contributed by atoms with E-state index in [9.17, 15) is 18.0 Å². The SMILES string of the molecule is O=c1[nH]cc(S(=O)(=O)N2CCC(OCCO)CC2)c(=O)[nH]1. The number of aliphatic hydroxyl groups is 1. The number of nitrogens with zero attached hydrogens (tertiary/aromatic N) is 1. The van der Waals surface area contributed by atoms with Gasteiger partial charge in [0, 0.05) is 19.3 Å². The summed E-state index contributed by atoms with van der Waals surface area (Å²) in [6.45, 7) is 0.580. The zero-order valence-electron chi connectivity index (χ0n) is 11.2. The molecule has 1 aromatic rings. The lowest BCUT2D eigenvalue weighted by Gasteiger charge is -2.30. The summed E-state index contributed by atoms with van der Waals surface area (Å²) < 4.78 is 31.2. The fourth-order valence-corrected chi connectivity index (χ4v) is 3.65. The first-order chi connectivity index (χ1) is 9.95. The summed E-state index contributed by atoms with van der Waals surface area (Å²) in [5.41, 5.74) is -1.69. The molecule has 2 rings (SSSR count). The number of H-pyrrole nitrogens is 2. The van der Waals surface area contributed by atoms with Gasteiger partial charge in [0.25, 0.3) is 5.56 Å². The third kappa shape index (κ3) is 3.59. The summed E-state index contributed by atoms with van der Waals surface area (Å²) in [7, 11) is -3.94. The number of aliphatic hydroxyl groups excluding tert-OH is 1. The smallest absolute Gasteiger partial charge is 0.325 e. The van der Waals surface area contributed by atoms with Crippen molar-refractivity contribution < 1.29 is 18.3 Å². The van der Waals surface area contributed by atoms with Crippen LogP contribution in [0, 0.1) is 0 Å². The second kappa shape index (κ2) is 6.52. The van der Waals surface area contributed by atoms with Crippen LogP contribution in [0.1, 0.15) is 12.8 Å². The molecule has 1 aliphatic rings. The molecule has 21 heavy (non-hydrogen) atoms. The minimum Gasteiger partial charge on any atom is -0.394 e. The first kappa shape index (κ1) is 15.9. The highest BCUT2D eigenvalue weighted by molar-refractivity contribution is 7.89. The molecule has 1 aliphatic heterocycles. The lowest BCUT2D eigenvalue weighted by molar-refractivity contribution is 0.00317. The van der Waals surface area contributed by atoms with Gasteiger partial charge in [0.15, 0.2) is 4.90 Å². The highest BCUT2D eigenvalue weighted by atomic mass is 32.2. The van der Waals surface area contributed by atoms with E-state index in [0.717, 1.165) is 6.20 Å². The molecule has 0 unspecified atom stereocenters. The van der Waals surface area contributed by atoms with E-state index in [1.807, 2.05) is 4.98 Å². The Kier molecular flexibility index (Phi) is 4.93. The Hall–Kier alpha value is -1.49. The molecule has 3 N–H and O–H groups in total. The maximum absolute atomic E-state index is 12.3. The number of piperidine rings is 1. The Morgan fingerprint density at radius 2 is 2.00 bits per heavy atom. The highest BCUT2D eigenvalue weighted by Crippen LogP contribution is 2.19. The van der Waals surface area contributed by atoms with Crippen LogP contribution in [0.2, 0.25) is 0 Å². The molecule has 9 nitrogen and oxygen atoms in total. The van der Waals surface area contributed by atoms with Crippen LogP contribution in [0.25, 0.3) is 0 Å². The molecule has 2 heterocycles. The number of hydrogen-bond donors (Lipinski definition) is 3. The van der Waals surface area contributed by atoms with Crippen LogP contribution in [0.4, 0.5) is 0 Å². The highest BCUT2D eigenvalue weighted by Gasteiger charge is 2.31. The van der Waals surface area contributed by atoms with E-state index >= 15 is 0 Å². The van der Waals surface area contributed by atoms with Crippen LogP contribution in [0.5, 0.6) is 0 Å². The molecule has 0 aromatic carbocycles. The zero-order chi connectivity index (χ0) is 15.5. The predicted molar refractivity (Wildman–Crippen MR) is 72.5 cm³/mol. The molecule has 0 bridgehead atoms. The van der Waals surface area contributed by atoms with Gasteiger partial charge < -0.3 is 14.8 Å². The molecule has 0 spiro atoms. The van der Waals surface area contributed by atoms with Gasteiger partial charge in [0.05, 0.1) is 19.3 Å². The molecule has 0 saturated carbocycles. The number of rotatable bonds is 5. The van der Waals surface area contributed by atoms with E-state index in [-0.39, 0.29) is 32.4 Å². The van der Waals surface area contributed by atoms with Gasteiger partial charge >= 0.3 is 5.69 Å². The zero-order valence-corrected chi connectivity index (χ0v) is 12.1. The number of nitrogens with one attached hydrogen (secondary N) is 2. The maximum atomic E-state index is 12.3. The third-order valence-electron chi connectivity index (χ3n) is 3.25. The first-order valence-corrected chi connectivity index (χ1v) is 7.94. The van der Waals surface area contributed by atoms with Gasteiger partial charge in [-0.25, -0.2) is 13.2 Å². The van der Waals surface area contributed by atoms with Gasteiger partial charge in [-0.3, -0.25) is 9.78 Å². The van der Waals surface area contributed by atoms with Crippen molar-refractivity contribution in [2.45, 2.75) is 23.8 Å². The van der Waals surface area contributed by atoms with Gasteiger partial charge in [-0.05, 0) is 12.8 Å². The van der Waals surface area contributed by atoms with Crippen LogP contribution in [0.15, 0.2) is 20.7 Å². The minimum absolute atomic E-state index is 0.0781. The standard InChI is InChI=1S/C11H17N3O6S/c15-5-6-20-8-1-3-14(4-2-8)21(18,19)9-7-12-11(17)13-10(9)16/h7-8,15H,1-6H2,(H2,12,13,16,17). The van der Waals surface area contributed by atoms with Crippen LogP contribution in [0.3, 0.4) is 0 Å². The van der Waals surface area contributed by atoms with Crippen LogP contribution in [-0.4, -0.2) is 60.2 Å². The Morgan fingerprint density at radius 1 is 1.33 bits per heavy atom. The normalized spacial score (nSPS) is 18.0. The van der Waals surface area contributed by atoms with Gasteiger partial charge in [-0.15, -0.1) is 0 Å².